The summed E-state index contributed by atoms with van der Waals surface area (Å²) in [5.41, 5.74) is 9.49. The molecule has 0 spiro atoms. The number of para-hydroxylation sites is 2. The van der Waals surface area contributed by atoms with Crippen molar-refractivity contribution in [1.29, 1.82) is 0 Å². The topological polar surface area (TPSA) is 76.2 Å². The second-order valence-electron chi connectivity index (χ2n) is 13.0. The van der Waals surface area contributed by atoms with Gasteiger partial charge in [-0.25, -0.2) is 0 Å². The number of carbonyl (C=O) groups excluding carboxylic acids is 1. The molecule has 1 aliphatic rings. The molecule has 6 heteroatoms. The van der Waals surface area contributed by atoms with Crippen LogP contribution in [0.2, 0.25) is 0 Å². The molecule has 6 aromatic rings. The number of ketones is 1. The summed E-state index contributed by atoms with van der Waals surface area (Å²) in [6.45, 7) is 12.5. The maximum absolute atomic E-state index is 11.7. The molecule has 0 fully saturated rings. The molecule has 0 atom stereocenters. The van der Waals surface area contributed by atoms with Gasteiger partial charge in [0.2, 0.25) is 0 Å². The molecule has 0 aliphatic heterocycles. The van der Waals surface area contributed by atoms with Gasteiger partial charge >= 0.3 is 0 Å². The van der Waals surface area contributed by atoms with Crippen molar-refractivity contribution in [2.75, 3.05) is 0 Å². The smallest absolute Gasteiger partial charge is 0.162 e. The quantitative estimate of drug-likeness (QED) is 0.0941. The minimum absolute atomic E-state index is 0. The van der Waals surface area contributed by atoms with Crippen molar-refractivity contribution in [3.63, 3.8) is 0 Å². The van der Waals surface area contributed by atoms with E-state index in [1.54, 1.807) is 0 Å². The van der Waals surface area contributed by atoms with Gasteiger partial charge in [0, 0.05) is 60.4 Å². The van der Waals surface area contributed by atoms with Gasteiger partial charge in [0.15, 0.2) is 5.78 Å². The molecule has 4 aromatic carbocycles. The third kappa shape index (κ3) is 6.24. The number of aliphatic hydroxyl groups excluding tert-OH is 1. The molecule has 2 heterocycles. The molecule has 0 amide bonds. The van der Waals surface area contributed by atoms with Crippen LogP contribution in [0.3, 0.4) is 0 Å². The number of fused-ring (bicyclic) bond motifs is 3. The molecule has 48 heavy (non-hydrogen) atoms. The number of carbonyl (C=O) groups is 1. The number of aliphatic hydroxyl groups is 1. The Bertz CT molecular complexity index is 2100. The Morgan fingerprint density at radius 1 is 0.833 bits per heavy atom. The maximum atomic E-state index is 11.7. The average Bonchev–Trinajstić information content (AvgIpc) is 3.45. The van der Waals surface area contributed by atoms with Crippen LogP contribution in [0, 0.1) is 17.9 Å². The van der Waals surface area contributed by atoms with Crippen LogP contribution in [-0.2, 0) is 30.3 Å². The Morgan fingerprint density at radius 3 is 2.10 bits per heavy atom. The standard InChI is InChI=1S/C29H19N2O.C13H24O2.Ir/c1-29(2)20-16-15-18(17-9-4-3-5-10-17)27-25(20)24-19(11-8-14-23(24)32-27)26-28(29)31-22-13-7-6-12-21(22)30-26;1-5-10(6-2)12(14)9-13(15)11(7-3)8-4;/h3-10,12-16H,1-2H3;9-11,14H,5-8H2,1-4H3;/q-1;;/b;12-9-;. The monoisotopic (exact) mass is 816 g/mol. The molecule has 1 aliphatic carbocycles. The second kappa shape index (κ2) is 14.6. The van der Waals surface area contributed by atoms with Gasteiger partial charge in [0.1, 0.15) is 5.58 Å². The third-order valence-electron chi connectivity index (χ3n) is 9.82. The summed E-state index contributed by atoms with van der Waals surface area (Å²) in [6, 6.07) is 30.3. The normalized spacial score (nSPS) is 13.4. The molecule has 1 radical (unpaired) electrons. The van der Waals surface area contributed by atoms with E-state index >= 15 is 0 Å². The van der Waals surface area contributed by atoms with Crippen LogP contribution in [0.5, 0.6) is 0 Å². The zero-order chi connectivity index (χ0) is 33.3. The Morgan fingerprint density at radius 2 is 1.46 bits per heavy atom. The van der Waals surface area contributed by atoms with Crippen LogP contribution in [-0.4, -0.2) is 20.9 Å². The Hall–Kier alpha value is -4.12. The number of benzene rings is 4. The molecule has 5 nitrogen and oxygen atoms in total. The fraction of sp³-hybridized carbons (Fsp3) is 0.310. The van der Waals surface area contributed by atoms with E-state index < -0.39 is 0 Å². The summed E-state index contributed by atoms with van der Waals surface area (Å²) < 4.78 is 6.52. The number of allylic oxidation sites excluding steroid dienone is 2. The van der Waals surface area contributed by atoms with Gasteiger partial charge in [-0.15, -0.1) is 17.7 Å². The maximum Gasteiger partial charge on any atom is 0.162 e. The minimum Gasteiger partial charge on any atom is -0.512 e. The van der Waals surface area contributed by atoms with E-state index in [0.29, 0.717) is 0 Å². The SMILES string of the molecule is CC1(C)c2nc3ccccc3nc2-c2[c-]ccc3oc4c(-c5ccccc5)ccc1c4c23.CCC(CC)C(=O)/C=C(\O)C(CC)CC.[Ir]. The van der Waals surface area contributed by atoms with Crippen LogP contribution in [0.1, 0.15) is 78.5 Å². The first-order valence-electron chi connectivity index (χ1n) is 16.9. The number of aromatic nitrogens is 2. The van der Waals surface area contributed by atoms with E-state index in [0.717, 1.165) is 86.7 Å². The Labute approximate surface area is 296 Å². The number of hydrogen-bond acceptors (Lipinski definition) is 5. The number of rotatable bonds is 8. The zero-order valence-corrected chi connectivity index (χ0v) is 31.0. The van der Waals surface area contributed by atoms with Crippen LogP contribution in [0.25, 0.3) is 55.4 Å². The van der Waals surface area contributed by atoms with Gasteiger partial charge in [-0.2, -0.15) is 0 Å². The summed E-state index contributed by atoms with van der Waals surface area (Å²) in [4.78, 5) is 21.9. The van der Waals surface area contributed by atoms with E-state index in [1.165, 1.54) is 11.6 Å². The van der Waals surface area contributed by atoms with E-state index in [1.807, 2.05) is 70.2 Å². The number of furan rings is 1. The van der Waals surface area contributed by atoms with Crippen molar-refractivity contribution in [1.82, 2.24) is 9.97 Å². The summed E-state index contributed by atoms with van der Waals surface area (Å²) in [5, 5.41) is 12.0. The van der Waals surface area contributed by atoms with Crippen molar-refractivity contribution >= 4 is 38.8 Å². The van der Waals surface area contributed by atoms with Gasteiger partial charge in [-0.05, 0) is 54.3 Å². The fourth-order valence-corrected chi connectivity index (χ4v) is 6.93. The van der Waals surface area contributed by atoms with E-state index in [2.05, 4.69) is 56.3 Å². The van der Waals surface area contributed by atoms with Crippen molar-refractivity contribution in [3.8, 4) is 22.4 Å². The van der Waals surface area contributed by atoms with E-state index in [4.69, 9.17) is 14.4 Å². The Balaban J connectivity index is 0.000000243. The van der Waals surface area contributed by atoms with Gasteiger partial charge in [0.05, 0.1) is 22.4 Å². The summed E-state index contributed by atoms with van der Waals surface area (Å²) >= 11 is 0. The predicted octanol–water partition coefficient (Wildman–Crippen LogP) is 11.2. The number of hydrogen-bond donors (Lipinski definition) is 1. The first-order valence-corrected chi connectivity index (χ1v) is 16.9. The Kier molecular flexibility index (Phi) is 10.7. The molecular weight excluding hydrogens is 773 g/mol. The van der Waals surface area contributed by atoms with Crippen LogP contribution in [0.4, 0.5) is 0 Å². The molecule has 1 N–H and O–H groups in total. The molecule has 2 aromatic heterocycles. The minimum atomic E-state index is -0.358. The molecule has 249 valence electrons. The van der Waals surface area contributed by atoms with Gasteiger partial charge < -0.3 is 9.52 Å². The van der Waals surface area contributed by atoms with Crippen molar-refractivity contribution < 1.29 is 34.4 Å². The van der Waals surface area contributed by atoms with Crippen molar-refractivity contribution in [3.05, 3.63) is 108 Å². The van der Waals surface area contributed by atoms with Crippen LogP contribution in [0.15, 0.2) is 95.1 Å². The molecule has 0 bridgehead atoms. The van der Waals surface area contributed by atoms with Crippen LogP contribution < -0.4 is 0 Å². The predicted molar refractivity (Wildman–Crippen MR) is 193 cm³/mol. The van der Waals surface area contributed by atoms with Gasteiger partial charge in [0.25, 0.3) is 0 Å². The molecular formula is C42H43IrN2O3-. The largest absolute Gasteiger partial charge is 0.512 e. The van der Waals surface area contributed by atoms with E-state index in [9.17, 15) is 9.90 Å². The number of nitrogens with zero attached hydrogens (tertiary/aromatic N) is 2. The van der Waals surface area contributed by atoms with Gasteiger partial charge in [-0.3, -0.25) is 14.8 Å². The summed E-state index contributed by atoms with van der Waals surface area (Å²) in [7, 11) is 0. The zero-order valence-electron chi connectivity index (χ0n) is 28.6. The summed E-state index contributed by atoms with van der Waals surface area (Å²) in [6.07, 6.45) is 4.91. The molecule has 0 saturated heterocycles. The average molecular weight is 816 g/mol. The molecule has 0 saturated carbocycles. The van der Waals surface area contributed by atoms with Gasteiger partial charge in [-0.1, -0.05) is 108 Å². The first-order chi connectivity index (χ1) is 22.7. The molecule has 0 unspecified atom stereocenters. The van der Waals surface area contributed by atoms with Crippen molar-refractivity contribution in [2.45, 2.75) is 72.6 Å². The summed E-state index contributed by atoms with van der Waals surface area (Å²) in [5.74, 6) is 0.547. The first kappa shape index (κ1) is 35.2. The van der Waals surface area contributed by atoms with E-state index in [-0.39, 0.29) is 48.9 Å². The fourth-order valence-electron chi connectivity index (χ4n) is 6.93. The van der Waals surface area contributed by atoms with Crippen LogP contribution >= 0.6 is 0 Å². The third-order valence-corrected chi connectivity index (χ3v) is 9.82. The molecule has 7 rings (SSSR count). The van der Waals surface area contributed by atoms with Crippen molar-refractivity contribution in [2.24, 2.45) is 11.8 Å². The second-order valence-corrected chi connectivity index (χ2v) is 13.0.